The van der Waals surface area contributed by atoms with E-state index in [0.29, 0.717) is 0 Å². The molecule has 0 unspecified atom stereocenters. The van der Waals surface area contributed by atoms with Crippen molar-refractivity contribution in [1.29, 1.82) is 0 Å². The van der Waals surface area contributed by atoms with Crippen LogP contribution in [0.3, 0.4) is 0 Å². The maximum Gasteiger partial charge on any atom is 0.303 e. The molecule has 4 aliphatic carbocycles. The van der Waals surface area contributed by atoms with Crippen LogP contribution in [0, 0.1) is 34.0 Å². The fraction of sp³-hybridized carbons (Fsp3) is 0.750. The topological polar surface area (TPSA) is 143 Å². The van der Waals surface area contributed by atoms with Crippen LogP contribution in [0.1, 0.15) is 67.7 Å². The van der Waals surface area contributed by atoms with Crippen LogP contribution in [0.15, 0.2) is 12.2 Å². The van der Waals surface area contributed by atoms with Gasteiger partial charge < -0.3 is 24.1 Å². The molecule has 4 saturated carbocycles. The molecular formula is C28H38O10. The van der Waals surface area contributed by atoms with Gasteiger partial charge in [0.05, 0.1) is 11.5 Å². The Morgan fingerprint density at radius 3 is 1.84 bits per heavy atom. The molecule has 2 bridgehead atoms. The quantitative estimate of drug-likeness (QED) is 0.324. The molecule has 0 saturated heterocycles. The van der Waals surface area contributed by atoms with Crippen molar-refractivity contribution >= 4 is 29.7 Å². The average molecular weight is 535 g/mol. The minimum Gasteiger partial charge on any atom is -0.462 e. The SMILES string of the molecule is C=C1C(=O)[C@]23C[C@@H]1[C@@H](O)[C@H](OC(C)=O)[C@H]2[C@]1(C)[C@@H](OC(C)=O)C[C@H](OC(C)=O)C(C)(C)[C@H]1C[C@@H]3OC(C)=O. The molecule has 10 nitrogen and oxygen atoms in total. The molecule has 0 aromatic rings. The second-order valence-electron chi connectivity index (χ2n) is 12.3. The van der Waals surface area contributed by atoms with Crippen molar-refractivity contribution in [1.82, 2.24) is 0 Å². The highest BCUT2D eigenvalue weighted by molar-refractivity contribution is 6.04. The first kappa shape index (κ1) is 28.3. The highest BCUT2D eigenvalue weighted by atomic mass is 16.6. The summed E-state index contributed by atoms with van der Waals surface area (Å²) in [4.78, 5) is 63.2. The number of Topliss-reactive ketones (excluding diaryl/α,β-unsaturated/α-hetero) is 1. The predicted octanol–water partition coefficient (Wildman–Crippen LogP) is 2.29. The third kappa shape index (κ3) is 3.89. The Balaban J connectivity index is 2.01. The molecule has 1 N–H and O–H groups in total. The number of esters is 4. The molecule has 0 aliphatic heterocycles. The number of ketones is 1. The highest BCUT2D eigenvalue weighted by Crippen LogP contribution is 2.72. The monoisotopic (exact) mass is 534 g/mol. The van der Waals surface area contributed by atoms with E-state index in [4.69, 9.17) is 18.9 Å². The molecule has 210 valence electrons. The molecule has 4 fully saturated rings. The molecule has 1 spiro atoms. The summed E-state index contributed by atoms with van der Waals surface area (Å²) in [5, 5.41) is 11.5. The van der Waals surface area contributed by atoms with Gasteiger partial charge in [0.1, 0.15) is 24.4 Å². The zero-order chi connectivity index (χ0) is 28.5. The minimum atomic E-state index is -1.35. The van der Waals surface area contributed by atoms with Crippen LogP contribution < -0.4 is 0 Å². The van der Waals surface area contributed by atoms with E-state index >= 15 is 0 Å². The Kier molecular flexibility index (Phi) is 6.82. The largest absolute Gasteiger partial charge is 0.462 e. The Hall–Kier alpha value is -2.75. The third-order valence-electron chi connectivity index (χ3n) is 9.87. The van der Waals surface area contributed by atoms with Crippen molar-refractivity contribution in [2.24, 2.45) is 34.0 Å². The second kappa shape index (κ2) is 9.17. The number of hydrogen-bond acceptors (Lipinski definition) is 10. The van der Waals surface area contributed by atoms with E-state index in [1.807, 2.05) is 20.8 Å². The summed E-state index contributed by atoms with van der Waals surface area (Å²) in [5.41, 5.74) is -2.93. The summed E-state index contributed by atoms with van der Waals surface area (Å²) in [6.45, 7) is 14.8. The minimum absolute atomic E-state index is 0.144. The number of rotatable bonds is 4. The van der Waals surface area contributed by atoms with Gasteiger partial charge in [0, 0.05) is 56.8 Å². The van der Waals surface area contributed by atoms with Crippen molar-refractivity contribution < 1.29 is 48.0 Å². The number of aliphatic hydroxyl groups excluding tert-OH is 1. The fourth-order valence-electron chi connectivity index (χ4n) is 8.61. The Morgan fingerprint density at radius 2 is 1.32 bits per heavy atom. The van der Waals surface area contributed by atoms with Crippen molar-refractivity contribution in [2.75, 3.05) is 0 Å². The van der Waals surface area contributed by atoms with Crippen molar-refractivity contribution in [3.05, 3.63) is 12.2 Å². The van der Waals surface area contributed by atoms with Gasteiger partial charge in [-0.15, -0.1) is 0 Å². The summed E-state index contributed by atoms with van der Waals surface area (Å²) in [6, 6.07) is 0. The summed E-state index contributed by atoms with van der Waals surface area (Å²) < 4.78 is 23.3. The van der Waals surface area contributed by atoms with Crippen LogP contribution in [-0.2, 0) is 42.9 Å². The lowest BCUT2D eigenvalue weighted by molar-refractivity contribution is -0.289. The zero-order valence-electron chi connectivity index (χ0n) is 23.1. The normalized spacial score (nSPS) is 42.8. The molecule has 4 aliphatic rings. The van der Waals surface area contributed by atoms with Gasteiger partial charge in [-0.05, 0) is 24.3 Å². The van der Waals surface area contributed by atoms with Gasteiger partial charge in [-0.3, -0.25) is 24.0 Å². The molecule has 10 atom stereocenters. The van der Waals surface area contributed by atoms with Crippen LogP contribution >= 0.6 is 0 Å². The maximum absolute atomic E-state index is 14.1. The van der Waals surface area contributed by atoms with Crippen LogP contribution in [0.25, 0.3) is 0 Å². The predicted molar refractivity (Wildman–Crippen MR) is 131 cm³/mol. The average Bonchev–Trinajstić information content (AvgIpc) is 2.99. The maximum atomic E-state index is 14.1. The lowest BCUT2D eigenvalue weighted by Gasteiger charge is -2.68. The molecule has 4 rings (SSSR count). The molecule has 0 aromatic carbocycles. The third-order valence-corrected chi connectivity index (χ3v) is 9.87. The van der Waals surface area contributed by atoms with Gasteiger partial charge in [-0.25, -0.2) is 0 Å². The smallest absolute Gasteiger partial charge is 0.303 e. The van der Waals surface area contributed by atoms with Crippen LogP contribution in [0.2, 0.25) is 0 Å². The number of carbonyl (C=O) groups excluding carboxylic acids is 5. The van der Waals surface area contributed by atoms with Crippen LogP contribution in [0.4, 0.5) is 0 Å². The van der Waals surface area contributed by atoms with Gasteiger partial charge in [0.2, 0.25) is 0 Å². The number of hydrogen-bond donors (Lipinski definition) is 1. The van der Waals surface area contributed by atoms with Crippen molar-refractivity contribution in [2.45, 2.75) is 98.2 Å². The molecule has 0 radical (unpaired) electrons. The zero-order valence-corrected chi connectivity index (χ0v) is 23.1. The number of ether oxygens (including phenoxy) is 4. The second-order valence-corrected chi connectivity index (χ2v) is 12.3. The first-order chi connectivity index (χ1) is 17.5. The summed E-state index contributed by atoms with van der Waals surface area (Å²) in [7, 11) is 0. The van der Waals surface area contributed by atoms with E-state index in [2.05, 4.69) is 6.58 Å². The fourth-order valence-corrected chi connectivity index (χ4v) is 8.61. The highest BCUT2D eigenvalue weighted by Gasteiger charge is 2.78. The summed E-state index contributed by atoms with van der Waals surface area (Å²) >= 11 is 0. The Bertz CT molecular complexity index is 1090. The molecule has 10 heteroatoms. The van der Waals surface area contributed by atoms with Gasteiger partial charge in [0.15, 0.2) is 5.78 Å². The van der Waals surface area contributed by atoms with E-state index in [-0.39, 0.29) is 30.6 Å². The van der Waals surface area contributed by atoms with Gasteiger partial charge in [-0.1, -0.05) is 27.4 Å². The molecular weight excluding hydrogens is 496 g/mol. The number of fused-ring (bicyclic) bond motifs is 3. The lowest BCUT2D eigenvalue weighted by Crippen LogP contribution is -2.74. The number of aliphatic hydroxyl groups is 1. The van der Waals surface area contributed by atoms with E-state index in [1.54, 1.807) is 0 Å². The van der Waals surface area contributed by atoms with E-state index in [0.717, 1.165) is 0 Å². The Morgan fingerprint density at radius 1 is 0.816 bits per heavy atom. The first-order valence-electron chi connectivity index (χ1n) is 13.1. The standard InChI is InChI=1S/C28H38O10/c1-12-17-11-28(25(12)34)21(37-15(4)31)9-18-26(6,7)19(35-13(2)29)10-20(36-14(3)30)27(18,8)24(28)23(22(17)33)38-16(5)32/h17-24,33H,1,9-11H2,2-8H3/t17-,18+,19-,20-,21-,22+,23-,24-,27-,28-/m0/s1. The van der Waals surface area contributed by atoms with Crippen LogP contribution in [-0.4, -0.2) is 65.3 Å². The summed E-state index contributed by atoms with van der Waals surface area (Å²) in [6.07, 6.45) is -4.31. The molecule has 0 amide bonds. The molecule has 0 aromatic heterocycles. The van der Waals surface area contributed by atoms with Gasteiger partial charge in [0.25, 0.3) is 0 Å². The summed E-state index contributed by atoms with van der Waals surface area (Å²) in [5.74, 6) is -4.63. The Labute approximate surface area is 222 Å². The van der Waals surface area contributed by atoms with E-state index in [1.165, 1.54) is 27.7 Å². The molecule has 38 heavy (non-hydrogen) atoms. The van der Waals surface area contributed by atoms with Gasteiger partial charge in [-0.2, -0.15) is 0 Å². The number of carbonyl (C=O) groups is 5. The van der Waals surface area contributed by atoms with Crippen molar-refractivity contribution in [3.63, 3.8) is 0 Å². The lowest BCUT2D eigenvalue weighted by atomic mass is 9.38. The van der Waals surface area contributed by atoms with Crippen LogP contribution in [0.5, 0.6) is 0 Å². The van der Waals surface area contributed by atoms with E-state index < -0.39 is 88.4 Å². The van der Waals surface area contributed by atoms with E-state index in [9.17, 15) is 29.1 Å². The van der Waals surface area contributed by atoms with Gasteiger partial charge >= 0.3 is 23.9 Å². The molecule has 0 heterocycles. The first-order valence-corrected chi connectivity index (χ1v) is 13.1. The van der Waals surface area contributed by atoms with Crippen molar-refractivity contribution in [3.8, 4) is 0 Å².